The van der Waals surface area contributed by atoms with E-state index in [9.17, 15) is 9.18 Å². The maximum atomic E-state index is 13.1. The summed E-state index contributed by atoms with van der Waals surface area (Å²) < 4.78 is 13.1. The van der Waals surface area contributed by atoms with Crippen LogP contribution >= 0.6 is 0 Å². The second-order valence-corrected chi connectivity index (χ2v) is 4.15. The maximum absolute atomic E-state index is 13.1. The Morgan fingerprint density at radius 3 is 2.60 bits per heavy atom. The summed E-state index contributed by atoms with van der Waals surface area (Å²) in [7, 11) is 0. The summed E-state index contributed by atoms with van der Waals surface area (Å²) in [6.45, 7) is 0.206. The summed E-state index contributed by atoms with van der Waals surface area (Å²) in [4.78, 5) is 17.1. The van der Waals surface area contributed by atoms with Crippen molar-refractivity contribution < 1.29 is 9.18 Å². The number of rotatable bonds is 4. The van der Waals surface area contributed by atoms with Crippen molar-refractivity contribution in [1.82, 2.24) is 9.88 Å². The summed E-state index contributed by atoms with van der Waals surface area (Å²) >= 11 is 0. The molecule has 0 aliphatic heterocycles. The van der Waals surface area contributed by atoms with Gasteiger partial charge in [0.25, 0.3) is 5.91 Å². The molecule has 0 saturated heterocycles. The van der Waals surface area contributed by atoms with Gasteiger partial charge in [-0.3, -0.25) is 4.79 Å². The number of nitrogens with zero attached hydrogens (tertiary/aromatic N) is 3. The van der Waals surface area contributed by atoms with E-state index in [1.54, 1.807) is 0 Å². The molecule has 2 rings (SSSR count). The van der Waals surface area contributed by atoms with Crippen molar-refractivity contribution in [3.63, 3.8) is 0 Å². The van der Waals surface area contributed by atoms with E-state index in [0.717, 1.165) is 5.56 Å². The van der Waals surface area contributed by atoms with Crippen LogP contribution < -0.4 is 0 Å². The average Bonchev–Trinajstić information content (AvgIpc) is 2.47. The molecular formula is C15H12FN3O. The fraction of sp³-hybridized carbons (Fsp3) is 0.133. The molecule has 0 atom stereocenters. The van der Waals surface area contributed by atoms with Gasteiger partial charge in [-0.1, -0.05) is 36.4 Å². The van der Waals surface area contributed by atoms with Crippen molar-refractivity contribution in [2.24, 2.45) is 0 Å². The molecule has 0 aliphatic carbocycles. The first-order chi connectivity index (χ1) is 9.70. The molecule has 5 heteroatoms. The molecule has 1 heterocycles. The third-order valence-corrected chi connectivity index (χ3v) is 2.70. The minimum atomic E-state index is -0.715. The van der Waals surface area contributed by atoms with Gasteiger partial charge in [0.2, 0.25) is 5.95 Å². The topological polar surface area (TPSA) is 57.0 Å². The van der Waals surface area contributed by atoms with Crippen LogP contribution in [-0.4, -0.2) is 22.3 Å². The van der Waals surface area contributed by atoms with E-state index in [1.165, 1.54) is 23.1 Å². The van der Waals surface area contributed by atoms with E-state index in [4.69, 9.17) is 5.26 Å². The number of benzene rings is 1. The second kappa shape index (κ2) is 6.43. The van der Waals surface area contributed by atoms with E-state index in [-0.39, 0.29) is 18.8 Å². The molecule has 0 fully saturated rings. The molecular weight excluding hydrogens is 257 g/mol. The van der Waals surface area contributed by atoms with Gasteiger partial charge in [-0.2, -0.15) is 9.65 Å². The van der Waals surface area contributed by atoms with Crippen molar-refractivity contribution in [3.8, 4) is 6.07 Å². The van der Waals surface area contributed by atoms with Crippen LogP contribution in [0.1, 0.15) is 16.1 Å². The summed E-state index contributed by atoms with van der Waals surface area (Å²) in [5.74, 6) is -1.18. The highest BCUT2D eigenvalue weighted by atomic mass is 19.1. The summed E-state index contributed by atoms with van der Waals surface area (Å²) in [6, 6.07) is 15.2. The normalized spacial score (nSPS) is 9.80. The van der Waals surface area contributed by atoms with Crippen LogP contribution in [-0.2, 0) is 6.54 Å². The number of hydrogen-bond donors (Lipinski definition) is 0. The van der Waals surface area contributed by atoms with Crippen LogP contribution in [0, 0.1) is 17.3 Å². The zero-order valence-electron chi connectivity index (χ0n) is 10.7. The number of halogens is 1. The molecule has 2 aromatic rings. The van der Waals surface area contributed by atoms with Gasteiger partial charge < -0.3 is 4.90 Å². The quantitative estimate of drug-likeness (QED) is 0.632. The number of amides is 1. The average molecular weight is 269 g/mol. The van der Waals surface area contributed by atoms with E-state index in [1.807, 2.05) is 36.4 Å². The Kier molecular flexibility index (Phi) is 4.40. The zero-order valence-corrected chi connectivity index (χ0v) is 10.7. The lowest BCUT2D eigenvalue weighted by atomic mass is 10.2. The lowest BCUT2D eigenvalue weighted by Gasteiger charge is -2.19. The first kappa shape index (κ1) is 13.7. The van der Waals surface area contributed by atoms with Gasteiger partial charge >= 0.3 is 0 Å². The van der Waals surface area contributed by atoms with Gasteiger partial charge in [0.1, 0.15) is 12.2 Å². The number of pyridine rings is 1. The Hall–Kier alpha value is -2.74. The maximum Gasteiger partial charge on any atom is 0.273 e. The molecule has 1 aromatic carbocycles. The highest BCUT2D eigenvalue weighted by Crippen LogP contribution is 2.09. The molecule has 0 spiro atoms. The van der Waals surface area contributed by atoms with E-state index in [2.05, 4.69) is 4.98 Å². The van der Waals surface area contributed by atoms with Crippen LogP contribution in [0.3, 0.4) is 0 Å². The van der Waals surface area contributed by atoms with Gasteiger partial charge in [0.05, 0.1) is 6.07 Å². The minimum Gasteiger partial charge on any atom is -0.320 e. The lowest BCUT2D eigenvalue weighted by Crippen LogP contribution is -2.31. The number of carbonyl (C=O) groups excluding carboxylic acids is 1. The van der Waals surface area contributed by atoms with Crippen molar-refractivity contribution in [2.75, 3.05) is 6.54 Å². The van der Waals surface area contributed by atoms with Crippen LogP contribution in [0.2, 0.25) is 0 Å². The molecule has 20 heavy (non-hydrogen) atoms. The minimum absolute atomic E-state index is 0.00354. The second-order valence-electron chi connectivity index (χ2n) is 4.15. The number of carbonyl (C=O) groups is 1. The van der Waals surface area contributed by atoms with Gasteiger partial charge in [0.15, 0.2) is 0 Å². The monoisotopic (exact) mass is 269 g/mol. The van der Waals surface area contributed by atoms with Crippen molar-refractivity contribution in [2.45, 2.75) is 6.54 Å². The first-order valence-corrected chi connectivity index (χ1v) is 6.03. The highest BCUT2D eigenvalue weighted by molar-refractivity contribution is 5.92. The fourth-order valence-electron chi connectivity index (χ4n) is 1.78. The molecule has 0 bridgehead atoms. The van der Waals surface area contributed by atoms with E-state index >= 15 is 0 Å². The third-order valence-electron chi connectivity index (χ3n) is 2.70. The fourth-order valence-corrected chi connectivity index (χ4v) is 1.78. The molecule has 1 aromatic heterocycles. The van der Waals surface area contributed by atoms with Gasteiger partial charge in [0, 0.05) is 6.54 Å². The Bertz CT molecular complexity index is 637. The molecule has 0 radical (unpaired) electrons. The third kappa shape index (κ3) is 3.39. The van der Waals surface area contributed by atoms with Crippen molar-refractivity contribution >= 4 is 5.91 Å². The standard InChI is InChI=1S/C15H12FN3O/c16-14-8-4-7-13(18-14)15(20)19(10-9-17)11-12-5-2-1-3-6-12/h1-8H,10-11H2. The molecule has 0 saturated carbocycles. The van der Waals surface area contributed by atoms with Gasteiger partial charge in [-0.15, -0.1) is 0 Å². The number of aromatic nitrogens is 1. The molecule has 0 N–H and O–H groups in total. The smallest absolute Gasteiger partial charge is 0.273 e. The lowest BCUT2D eigenvalue weighted by molar-refractivity contribution is 0.0758. The van der Waals surface area contributed by atoms with Crippen LogP contribution in [0.25, 0.3) is 0 Å². The van der Waals surface area contributed by atoms with Crippen LogP contribution in [0.5, 0.6) is 0 Å². The SMILES string of the molecule is N#CCN(Cc1ccccc1)C(=O)c1cccc(F)n1. The van der Waals surface area contributed by atoms with Crippen molar-refractivity contribution in [3.05, 3.63) is 65.7 Å². The molecule has 0 aliphatic rings. The number of nitriles is 1. The Morgan fingerprint density at radius 2 is 1.95 bits per heavy atom. The van der Waals surface area contributed by atoms with Gasteiger partial charge in [-0.25, -0.2) is 4.98 Å². The van der Waals surface area contributed by atoms with E-state index < -0.39 is 11.9 Å². The van der Waals surface area contributed by atoms with Gasteiger partial charge in [-0.05, 0) is 17.7 Å². The first-order valence-electron chi connectivity index (χ1n) is 6.03. The molecule has 0 unspecified atom stereocenters. The molecule has 100 valence electrons. The predicted molar refractivity (Wildman–Crippen MR) is 71.0 cm³/mol. The zero-order chi connectivity index (χ0) is 14.4. The van der Waals surface area contributed by atoms with Crippen LogP contribution in [0.15, 0.2) is 48.5 Å². The number of hydrogen-bond acceptors (Lipinski definition) is 3. The highest BCUT2D eigenvalue weighted by Gasteiger charge is 2.17. The predicted octanol–water partition coefficient (Wildman–Crippen LogP) is 2.39. The molecule has 1 amide bonds. The summed E-state index contributed by atoms with van der Waals surface area (Å²) in [6.07, 6.45) is 0. The van der Waals surface area contributed by atoms with E-state index in [0.29, 0.717) is 0 Å². The Balaban J connectivity index is 2.20. The summed E-state index contributed by atoms with van der Waals surface area (Å²) in [5.41, 5.74) is 0.892. The Morgan fingerprint density at radius 1 is 1.20 bits per heavy atom. The molecule has 4 nitrogen and oxygen atoms in total. The van der Waals surface area contributed by atoms with Crippen molar-refractivity contribution in [1.29, 1.82) is 5.26 Å². The largest absolute Gasteiger partial charge is 0.320 e. The van der Waals surface area contributed by atoms with Crippen LogP contribution in [0.4, 0.5) is 4.39 Å². The summed E-state index contributed by atoms with van der Waals surface area (Å²) in [5, 5.41) is 8.83. The Labute approximate surface area is 116 Å².